The van der Waals surface area contributed by atoms with Gasteiger partial charge >= 0.3 is 5.97 Å². The number of hydrogen-bond acceptors (Lipinski definition) is 3. The van der Waals surface area contributed by atoms with Crippen LogP contribution in [0.1, 0.15) is 46.1 Å². The summed E-state index contributed by atoms with van der Waals surface area (Å²) in [5.41, 5.74) is 1.13. The molecule has 0 atom stereocenters. The van der Waals surface area contributed by atoms with E-state index in [1.54, 1.807) is 12.1 Å². The third-order valence-electron chi connectivity index (χ3n) is 1.79. The van der Waals surface area contributed by atoms with Gasteiger partial charge in [-0.3, -0.25) is 4.79 Å². The normalized spacial score (nSPS) is 8.33. The Morgan fingerprint density at radius 1 is 1.11 bits per heavy atom. The van der Waals surface area contributed by atoms with E-state index in [0.29, 0.717) is 12.2 Å². The maximum absolute atomic E-state index is 11.1. The molecule has 0 radical (unpaired) electrons. The molecule has 0 spiro atoms. The minimum Gasteiger partial charge on any atom is -0.427 e. The molecular formula is C15H26O3. The number of aliphatic hydroxyl groups is 1. The summed E-state index contributed by atoms with van der Waals surface area (Å²) in [6.07, 6.45) is 0.703. The minimum absolute atomic E-state index is 0.0169. The van der Waals surface area contributed by atoms with Gasteiger partial charge in [0, 0.05) is 13.0 Å². The van der Waals surface area contributed by atoms with Crippen LogP contribution in [0.4, 0.5) is 0 Å². The van der Waals surface area contributed by atoms with Crippen molar-refractivity contribution in [2.75, 3.05) is 6.61 Å². The number of hydrogen-bond donors (Lipinski definition) is 1. The van der Waals surface area contributed by atoms with Crippen molar-refractivity contribution < 1.29 is 14.6 Å². The highest BCUT2D eigenvalue weighted by Gasteiger charge is 2.03. The molecule has 0 aromatic heterocycles. The summed E-state index contributed by atoms with van der Waals surface area (Å²) in [4.78, 5) is 11.1. The fourth-order valence-corrected chi connectivity index (χ4v) is 1.01. The minimum atomic E-state index is -0.303. The molecule has 0 fully saturated rings. The van der Waals surface area contributed by atoms with E-state index >= 15 is 0 Å². The Hall–Kier alpha value is -1.35. The predicted molar refractivity (Wildman–Crippen MR) is 75.8 cm³/mol. The number of benzene rings is 1. The SMILES string of the molecule is CC.CC.Cc1ccc(OC(=O)CCCO)cc1. The molecule has 0 aliphatic rings. The van der Waals surface area contributed by atoms with Crippen LogP contribution in [0.3, 0.4) is 0 Å². The van der Waals surface area contributed by atoms with E-state index in [-0.39, 0.29) is 19.0 Å². The van der Waals surface area contributed by atoms with Crippen LogP contribution in [0.15, 0.2) is 24.3 Å². The van der Waals surface area contributed by atoms with Crippen LogP contribution in [0.25, 0.3) is 0 Å². The van der Waals surface area contributed by atoms with Gasteiger partial charge in [-0.2, -0.15) is 0 Å². The average molecular weight is 254 g/mol. The van der Waals surface area contributed by atoms with E-state index in [2.05, 4.69) is 0 Å². The third kappa shape index (κ3) is 9.85. The molecule has 3 nitrogen and oxygen atoms in total. The zero-order valence-electron chi connectivity index (χ0n) is 12.2. The molecule has 0 unspecified atom stereocenters. The first kappa shape index (κ1) is 19.0. The largest absolute Gasteiger partial charge is 0.427 e. The van der Waals surface area contributed by atoms with Gasteiger partial charge in [-0.1, -0.05) is 45.4 Å². The summed E-state index contributed by atoms with van der Waals surface area (Å²) < 4.78 is 5.02. The number of carbonyl (C=O) groups is 1. The standard InChI is InChI=1S/C11H14O3.2C2H6/c1-9-4-6-10(7-5-9)14-11(13)3-2-8-12;2*1-2/h4-7,12H,2-3,8H2,1H3;2*1-2H3. The van der Waals surface area contributed by atoms with Crippen LogP contribution in [0.2, 0.25) is 0 Å². The van der Waals surface area contributed by atoms with Gasteiger partial charge in [0.1, 0.15) is 5.75 Å². The van der Waals surface area contributed by atoms with Gasteiger partial charge in [0.25, 0.3) is 0 Å². The summed E-state index contributed by atoms with van der Waals surface area (Å²) in [6.45, 7) is 9.99. The number of carbonyl (C=O) groups excluding carboxylic acids is 1. The lowest BCUT2D eigenvalue weighted by Crippen LogP contribution is -2.08. The molecule has 104 valence electrons. The van der Waals surface area contributed by atoms with Crippen LogP contribution >= 0.6 is 0 Å². The fraction of sp³-hybridized carbons (Fsp3) is 0.533. The highest BCUT2D eigenvalue weighted by molar-refractivity contribution is 5.72. The van der Waals surface area contributed by atoms with Crippen molar-refractivity contribution in [1.82, 2.24) is 0 Å². The molecule has 0 bridgehead atoms. The van der Waals surface area contributed by atoms with Crippen LogP contribution in [0.5, 0.6) is 5.75 Å². The zero-order valence-corrected chi connectivity index (χ0v) is 12.2. The van der Waals surface area contributed by atoms with Gasteiger partial charge in [0.15, 0.2) is 0 Å². The van der Waals surface area contributed by atoms with Crippen molar-refractivity contribution in [2.24, 2.45) is 0 Å². The number of esters is 1. The van der Waals surface area contributed by atoms with Crippen molar-refractivity contribution in [3.8, 4) is 5.75 Å². The highest BCUT2D eigenvalue weighted by atomic mass is 16.5. The van der Waals surface area contributed by atoms with Crippen molar-refractivity contribution in [1.29, 1.82) is 0 Å². The maximum Gasteiger partial charge on any atom is 0.311 e. The molecule has 18 heavy (non-hydrogen) atoms. The summed E-state index contributed by atoms with van der Waals surface area (Å²) in [6, 6.07) is 7.28. The molecule has 0 heterocycles. The fourth-order valence-electron chi connectivity index (χ4n) is 1.01. The lowest BCUT2D eigenvalue weighted by atomic mass is 10.2. The molecule has 1 aromatic rings. The molecule has 0 amide bonds. The molecule has 1 aromatic carbocycles. The van der Waals surface area contributed by atoms with E-state index in [4.69, 9.17) is 9.84 Å². The van der Waals surface area contributed by atoms with Gasteiger partial charge in [-0.05, 0) is 25.5 Å². The second-order valence-corrected chi connectivity index (χ2v) is 3.11. The molecule has 0 aliphatic heterocycles. The Morgan fingerprint density at radius 3 is 2.06 bits per heavy atom. The molecular weight excluding hydrogens is 228 g/mol. The van der Waals surface area contributed by atoms with Gasteiger partial charge in [-0.15, -0.1) is 0 Å². The Kier molecular flexibility index (Phi) is 14.5. The summed E-state index contributed by atoms with van der Waals surface area (Å²) in [7, 11) is 0. The van der Waals surface area contributed by atoms with Crippen LogP contribution < -0.4 is 4.74 Å². The van der Waals surface area contributed by atoms with E-state index in [0.717, 1.165) is 5.56 Å². The molecule has 1 N–H and O–H groups in total. The first-order valence-corrected chi connectivity index (χ1v) is 6.60. The molecule has 1 rings (SSSR count). The van der Waals surface area contributed by atoms with Crippen molar-refractivity contribution in [3.63, 3.8) is 0 Å². The molecule has 0 saturated heterocycles. The van der Waals surface area contributed by atoms with Gasteiger partial charge in [0.05, 0.1) is 0 Å². The van der Waals surface area contributed by atoms with Gasteiger partial charge < -0.3 is 9.84 Å². The Bertz CT molecular complexity index is 291. The second kappa shape index (κ2) is 13.7. The van der Waals surface area contributed by atoms with E-state index in [1.807, 2.05) is 46.8 Å². The zero-order chi connectivity index (χ0) is 14.4. The number of rotatable bonds is 4. The quantitative estimate of drug-likeness (QED) is 0.658. The lowest BCUT2D eigenvalue weighted by Gasteiger charge is -2.03. The van der Waals surface area contributed by atoms with Gasteiger partial charge in [-0.25, -0.2) is 0 Å². The summed E-state index contributed by atoms with van der Waals surface area (Å²) in [5.74, 6) is 0.251. The van der Waals surface area contributed by atoms with Crippen molar-refractivity contribution >= 4 is 5.97 Å². The average Bonchev–Trinajstić information content (AvgIpc) is 2.43. The Labute approximate surface area is 111 Å². The van der Waals surface area contributed by atoms with Gasteiger partial charge in [0.2, 0.25) is 0 Å². The number of aryl methyl sites for hydroxylation is 1. The smallest absolute Gasteiger partial charge is 0.311 e. The van der Waals surface area contributed by atoms with Crippen LogP contribution in [-0.2, 0) is 4.79 Å². The van der Waals surface area contributed by atoms with E-state index in [1.165, 1.54) is 0 Å². The lowest BCUT2D eigenvalue weighted by molar-refractivity contribution is -0.134. The predicted octanol–water partition coefficient (Wildman–Crippen LogP) is 3.73. The molecule has 0 saturated carbocycles. The number of ether oxygens (including phenoxy) is 1. The summed E-state index contributed by atoms with van der Waals surface area (Å²) >= 11 is 0. The third-order valence-corrected chi connectivity index (χ3v) is 1.79. The van der Waals surface area contributed by atoms with E-state index in [9.17, 15) is 4.79 Å². The van der Waals surface area contributed by atoms with E-state index < -0.39 is 0 Å². The van der Waals surface area contributed by atoms with Crippen molar-refractivity contribution in [2.45, 2.75) is 47.5 Å². The van der Waals surface area contributed by atoms with Crippen LogP contribution in [-0.4, -0.2) is 17.7 Å². The number of aliphatic hydroxyl groups excluding tert-OH is 1. The first-order chi connectivity index (χ1) is 8.72. The first-order valence-electron chi connectivity index (χ1n) is 6.60. The molecule has 0 aliphatic carbocycles. The van der Waals surface area contributed by atoms with Crippen molar-refractivity contribution in [3.05, 3.63) is 29.8 Å². The summed E-state index contributed by atoms with van der Waals surface area (Å²) in [5, 5.41) is 8.51. The Morgan fingerprint density at radius 2 is 1.61 bits per heavy atom. The Balaban J connectivity index is 0. The maximum atomic E-state index is 11.1. The molecule has 3 heteroatoms. The topological polar surface area (TPSA) is 46.5 Å². The second-order valence-electron chi connectivity index (χ2n) is 3.11. The van der Waals surface area contributed by atoms with Crippen LogP contribution in [0, 0.1) is 6.92 Å². The monoisotopic (exact) mass is 254 g/mol. The highest BCUT2D eigenvalue weighted by Crippen LogP contribution is 2.12.